The fourth-order valence-corrected chi connectivity index (χ4v) is 3.03. The normalized spacial score (nSPS) is 11.1. The summed E-state index contributed by atoms with van der Waals surface area (Å²) >= 11 is 6.42. The Morgan fingerprint density at radius 1 is 1.23 bits per heavy atom. The number of halogens is 2. The summed E-state index contributed by atoms with van der Waals surface area (Å²) in [4.78, 5) is 16.4. The van der Waals surface area contributed by atoms with Gasteiger partial charge in [0, 0.05) is 37.6 Å². The molecule has 162 valence electrons. The van der Waals surface area contributed by atoms with E-state index >= 15 is 0 Å². The average Bonchev–Trinajstić information content (AvgIpc) is 3.05. The minimum Gasteiger partial charge on any atom is -0.475 e. The SMILES string of the molecule is COCCOc1ccc(CNC(=O)/C=C/c2c(C)nn(-c3ccc(F)cc3)c2Cl)cn1. The first-order chi connectivity index (χ1) is 15.0. The Bertz CT molecular complexity index is 1050. The summed E-state index contributed by atoms with van der Waals surface area (Å²) in [6.45, 7) is 3.00. The molecule has 1 amide bonds. The second kappa shape index (κ2) is 10.7. The molecule has 0 unspecified atom stereocenters. The molecule has 3 aromatic rings. The van der Waals surface area contributed by atoms with Gasteiger partial charge in [0.2, 0.25) is 11.8 Å². The molecule has 0 saturated heterocycles. The van der Waals surface area contributed by atoms with E-state index in [1.165, 1.54) is 22.9 Å². The Morgan fingerprint density at radius 3 is 2.68 bits per heavy atom. The highest BCUT2D eigenvalue weighted by Crippen LogP contribution is 2.24. The molecule has 0 saturated carbocycles. The second-order valence-electron chi connectivity index (χ2n) is 6.58. The number of ether oxygens (including phenoxy) is 2. The number of aromatic nitrogens is 3. The van der Waals surface area contributed by atoms with Crippen molar-refractivity contribution in [3.8, 4) is 11.6 Å². The van der Waals surface area contributed by atoms with Crippen LogP contribution in [0.3, 0.4) is 0 Å². The van der Waals surface area contributed by atoms with Gasteiger partial charge in [0.15, 0.2) is 0 Å². The van der Waals surface area contributed by atoms with Crippen molar-refractivity contribution in [2.75, 3.05) is 20.3 Å². The Hall–Kier alpha value is -3.23. The maximum atomic E-state index is 13.1. The number of pyridine rings is 1. The minimum absolute atomic E-state index is 0.287. The zero-order valence-corrected chi connectivity index (χ0v) is 17.9. The van der Waals surface area contributed by atoms with Gasteiger partial charge in [-0.1, -0.05) is 17.7 Å². The molecule has 9 heteroatoms. The van der Waals surface area contributed by atoms with Crippen molar-refractivity contribution in [3.05, 3.63) is 76.5 Å². The molecular weight excluding hydrogens is 423 g/mol. The van der Waals surface area contributed by atoms with Crippen LogP contribution < -0.4 is 10.1 Å². The summed E-state index contributed by atoms with van der Waals surface area (Å²) in [5, 5.41) is 7.49. The highest BCUT2D eigenvalue weighted by molar-refractivity contribution is 6.31. The first-order valence-corrected chi connectivity index (χ1v) is 9.89. The quantitative estimate of drug-likeness (QED) is 0.402. The van der Waals surface area contributed by atoms with Crippen LogP contribution in [0.4, 0.5) is 4.39 Å². The predicted molar refractivity (Wildman–Crippen MR) is 116 cm³/mol. The van der Waals surface area contributed by atoms with Gasteiger partial charge in [-0.15, -0.1) is 0 Å². The molecule has 0 aliphatic carbocycles. The van der Waals surface area contributed by atoms with Gasteiger partial charge in [0.1, 0.15) is 17.6 Å². The lowest BCUT2D eigenvalue weighted by atomic mass is 10.2. The van der Waals surface area contributed by atoms with Gasteiger partial charge in [-0.25, -0.2) is 14.1 Å². The standard InChI is InChI=1S/C22H22ClFN4O3/c1-15-19(22(23)28(27-15)18-6-4-17(24)5-7-18)8-9-20(29)25-13-16-3-10-21(26-14-16)31-12-11-30-2/h3-10,14H,11-13H2,1-2H3,(H,25,29)/b9-8+. The van der Waals surface area contributed by atoms with Crippen molar-refractivity contribution in [2.24, 2.45) is 0 Å². The molecule has 2 aromatic heterocycles. The van der Waals surface area contributed by atoms with E-state index in [1.807, 2.05) is 6.07 Å². The lowest BCUT2D eigenvalue weighted by Gasteiger charge is -2.06. The predicted octanol–water partition coefficient (Wildman–Crippen LogP) is 3.72. The summed E-state index contributed by atoms with van der Waals surface area (Å²) in [5.74, 6) is -0.135. The third-order valence-corrected chi connectivity index (χ3v) is 4.69. The number of carbonyl (C=O) groups is 1. The molecule has 1 aromatic carbocycles. The molecule has 3 rings (SSSR count). The van der Waals surface area contributed by atoms with E-state index in [0.29, 0.717) is 47.7 Å². The molecule has 2 heterocycles. The van der Waals surface area contributed by atoms with Crippen molar-refractivity contribution < 1.29 is 18.7 Å². The molecule has 0 atom stereocenters. The summed E-state index contributed by atoms with van der Waals surface area (Å²) in [6, 6.07) is 9.38. The lowest BCUT2D eigenvalue weighted by molar-refractivity contribution is -0.116. The molecule has 0 aliphatic rings. The highest BCUT2D eigenvalue weighted by atomic mass is 35.5. The van der Waals surface area contributed by atoms with Crippen molar-refractivity contribution in [1.29, 1.82) is 0 Å². The maximum Gasteiger partial charge on any atom is 0.244 e. The number of aryl methyl sites for hydroxylation is 1. The van der Waals surface area contributed by atoms with Crippen LogP contribution in [0.25, 0.3) is 11.8 Å². The Labute approximate surface area is 184 Å². The summed E-state index contributed by atoms with van der Waals surface area (Å²) in [6.07, 6.45) is 4.63. The van der Waals surface area contributed by atoms with Gasteiger partial charge in [0.05, 0.1) is 18.0 Å². The summed E-state index contributed by atoms with van der Waals surface area (Å²) < 4.78 is 25.0. The van der Waals surface area contributed by atoms with Gasteiger partial charge in [-0.2, -0.15) is 5.10 Å². The Morgan fingerprint density at radius 2 is 2.00 bits per heavy atom. The molecule has 0 radical (unpaired) electrons. The largest absolute Gasteiger partial charge is 0.475 e. The van der Waals surface area contributed by atoms with Crippen molar-refractivity contribution in [2.45, 2.75) is 13.5 Å². The van der Waals surface area contributed by atoms with E-state index in [4.69, 9.17) is 21.1 Å². The monoisotopic (exact) mass is 444 g/mol. The van der Waals surface area contributed by atoms with Crippen LogP contribution in [0.2, 0.25) is 5.15 Å². The second-order valence-corrected chi connectivity index (χ2v) is 6.93. The number of hydrogen-bond donors (Lipinski definition) is 1. The number of rotatable bonds is 9. The molecule has 0 spiro atoms. The minimum atomic E-state index is -0.344. The van der Waals surface area contributed by atoms with Crippen molar-refractivity contribution in [1.82, 2.24) is 20.1 Å². The van der Waals surface area contributed by atoms with E-state index < -0.39 is 0 Å². The zero-order chi connectivity index (χ0) is 22.2. The number of methoxy groups -OCH3 is 1. The zero-order valence-electron chi connectivity index (χ0n) is 17.1. The van der Waals surface area contributed by atoms with Gasteiger partial charge in [-0.3, -0.25) is 4.79 Å². The number of nitrogens with zero attached hydrogens (tertiary/aromatic N) is 3. The topological polar surface area (TPSA) is 78.3 Å². The van der Waals surface area contributed by atoms with Gasteiger partial charge in [-0.05, 0) is 42.8 Å². The first-order valence-electron chi connectivity index (χ1n) is 9.51. The highest BCUT2D eigenvalue weighted by Gasteiger charge is 2.13. The van der Waals surface area contributed by atoms with Crippen LogP contribution in [-0.4, -0.2) is 41.0 Å². The third kappa shape index (κ3) is 6.13. The molecule has 0 aliphatic heterocycles. The van der Waals surface area contributed by atoms with Crippen LogP contribution in [0.1, 0.15) is 16.8 Å². The molecular formula is C22H22ClFN4O3. The van der Waals surface area contributed by atoms with Crippen LogP contribution in [0.15, 0.2) is 48.7 Å². The summed E-state index contributed by atoms with van der Waals surface area (Å²) in [7, 11) is 1.60. The van der Waals surface area contributed by atoms with E-state index in [0.717, 1.165) is 5.56 Å². The van der Waals surface area contributed by atoms with Crippen LogP contribution in [0.5, 0.6) is 5.88 Å². The van der Waals surface area contributed by atoms with E-state index in [2.05, 4.69) is 15.4 Å². The van der Waals surface area contributed by atoms with Crippen molar-refractivity contribution in [3.63, 3.8) is 0 Å². The molecule has 31 heavy (non-hydrogen) atoms. The van der Waals surface area contributed by atoms with Gasteiger partial charge in [0.25, 0.3) is 0 Å². The Balaban J connectivity index is 1.58. The number of nitrogens with one attached hydrogen (secondary N) is 1. The first kappa shape index (κ1) is 22.5. The molecule has 1 N–H and O–H groups in total. The Kier molecular flexibility index (Phi) is 7.75. The van der Waals surface area contributed by atoms with Crippen LogP contribution >= 0.6 is 11.6 Å². The molecule has 0 fully saturated rings. The summed E-state index contributed by atoms with van der Waals surface area (Å²) in [5.41, 5.74) is 2.71. The number of benzene rings is 1. The van der Waals surface area contributed by atoms with Gasteiger partial charge >= 0.3 is 0 Å². The van der Waals surface area contributed by atoms with E-state index in [-0.39, 0.29) is 11.7 Å². The van der Waals surface area contributed by atoms with E-state index in [9.17, 15) is 9.18 Å². The number of carbonyl (C=O) groups excluding carboxylic acids is 1. The van der Waals surface area contributed by atoms with Crippen molar-refractivity contribution >= 4 is 23.6 Å². The van der Waals surface area contributed by atoms with E-state index in [1.54, 1.807) is 44.5 Å². The number of hydrogen-bond acceptors (Lipinski definition) is 5. The average molecular weight is 445 g/mol. The van der Waals surface area contributed by atoms with Gasteiger partial charge < -0.3 is 14.8 Å². The molecule has 0 bridgehead atoms. The molecule has 7 nitrogen and oxygen atoms in total. The smallest absolute Gasteiger partial charge is 0.244 e. The number of amides is 1. The lowest BCUT2D eigenvalue weighted by Crippen LogP contribution is -2.20. The van der Waals surface area contributed by atoms with Crippen LogP contribution in [0, 0.1) is 12.7 Å². The van der Waals surface area contributed by atoms with Crippen LogP contribution in [-0.2, 0) is 16.1 Å². The maximum absolute atomic E-state index is 13.1. The third-order valence-electron chi connectivity index (χ3n) is 4.32. The fraction of sp³-hybridized carbons (Fsp3) is 0.227. The fourth-order valence-electron chi connectivity index (χ4n) is 2.69.